The Kier molecular flexibility index (Phi) is 3.26. The van der Waals surface area contributed by atoms with Gasteiger partial charge in [-0.3, -0.25) is 9.63 Å². The maximum absolute atomic E-state index is 11.6. The summed E-state index contributed by atoms with van der Waals surface area (Å²) < 4.78 is 0. The number of hydrogen-bond acceptors (Lipinski definition) is 3. The molecule has 1 N–H and O–H groups in total. The molecule has 1 aliphatic carbocycles. The van der Waals surface area contributed by atoms with Crippen LogP contribution in [-0.2, 0) is 9.63 Å². The van der Waals surface area contributed by atoms with E-state index < -0.39 is 6.10 Å². The van der Waals surface area contributed by atoms with E-state index in [1.165, 1.54) is 30.7 Å². The number of hydrogen-bond donors (Lipinski definition) is 1. The predicted molar refractivity (Wildman–Crippen MR) is 54.8 cm³/mol. The number of rotatable bonds is 3. The Hall–Kier alpha value is -0.610. The molecule has 15 heavy (non-hydrogen) atoms. The third-order valence-corrected chi connectivity index (χ3v) is 3.27. The van der Waals surface area contributed by atoms with Crippen LogP contribution in [0.4, 0.5) is 0 Å². The molecule has 0 aromatic heterocycles. The molecule has 1 aliphatic heterocycles. The van der Waals surface area contributed by atoms with Crippen molar-refractivity contribution < 1.29 is 14.7 Å². The van der Waals surface area contributed by atoms with Gasteiger partial charge in [0, 0.05) is 0 Å². The number of carbonyl (C=O) groups is 1. The summed E-state index contributed by atoms with van der Waals surface area (Å²) in [5.74, 6) is 0.570. The van der Waals surface area contributed by atoms with Crippen molar-refractivity contribution in [2.24, 2.45) is 5.92 Å². The SMILES string of the molecule is CC(O)CN1OC(C2CCCC2)CC1=O. The Balaban J connectivity index is 1.88. The predicted octanol–water partition coefficient (Wildman–Crippen LogP) is 1.09. The molecule has 2 aliphatic rings. The molecule has 4 heteroatoms. The molecule has 4 nitrogen and oxygen atoms in total. The van der Waals surface area contributed by atoms with Gasteiger partial charge in [0.2, 0.25) is 5.91 Å². The number of nitrogens with zero attached hydrogens (tertiary/aromatic N) is 1. The lowest BCUT2D eigenvalue weighted by Crippen LogP contribution is -2.31. The molecule has 1 saturated heterocycles. The fourth-order valence-electron chi connectivity index (χ4n) is 2.50. The van der Waals surface area contributed by atoms with Crippen molar-refractivity contribution in [2.45, 2.75) is 51.2 Å². The molecule has 0 radical (unpaired) electrons. The van der Waals surface area contributed by atoms with Crippen LogP contribution < -0.4 is 0 Å². The standard InChI is InChI=1S/C11H19NO3/c1-8(13)7-12-11(14)6-10(15-12)9-4-2-3-5-9/h8-10,13H,2-7H2,1H3. The summed E-state index contributed by atoms with van der Waals surface area (Å²) in [6.07, 6.45) is 4.93. The number of carbonyl (C=O) groups excluding carboxylic acids is 1. The van der Waals surface area contributed by atoms with Crippen molar-refractivity contribution in [2.75, 3.05) is 6.54 Å². The molecule has 0 aromatic carbocycles. The number of aliphatic hydroxyl groups is 1. The zero-order valence-corrected chi connectivity index (χ0v) is 9.19. The summed E-state index contributed by atoms with van der Waals surface area (Å²) >= 11 is 0. The summed E-state index contributed by atoms with van der Waals surface area (Å²) in [5, 5.41) is 10.5. The van der Waals surface area contributed by atoms with Crippen LogP contribution in [0.5, 0.6) is 0 Å². The van der Waals surface area contributed by atoms with E-state index in [0.29, 0.717) is 18.9 Å². The van der Waals surface area contributed by atoms with E-state index in [1.54, 1.807) is 6.92 Å². The highest BCUT2D eigenvalue weighted by Gasteiger charge is 2.37. The van der Waals surface area contributed by atoms with Gasteiger partial charge >= 0.3 is 0 Å². The van der Waals surface area contributed by atoms with E-state index in [4.69, 9.17) is 4.84 Å². The van der Waals surface area contributed by atoms with Crippen LogP contribution in [0.2, 0.25) is 0 Å². The van der Waals surface area contributed by atoms with Crippen LogP contribution in [0.3, 0.4) is 0 Å². The quantitative estimate of drug-likeness (QED) is 0.763. The fourth-order valence-corrected chi connectivity index (χ4v) is 2.50. The molecule has 0 spiro atoms. The van der Waals surface area contributed by atoms with Crippen LogP contribution in [-0.4, -0.2) is 34.8 Å². The molecular formula is C11H19NO3. The second-order valence-corrected chi connectivity index (χ2v) is 4.70. The maximum Gasteiger partial charge on any atom is 0.248 e. The maximum atomic E-state index is 11.6. The molecule has 2 unspecified atom stereocenters. The van der Waals surface area contributed by atoms with Gasteiger partial charge in [-0.25, -0.2) is 5.06 Å². The molecular weight excluding hydrogens is 194 g/mol. The topological polar surface area (TPSA) is 49.8 Å². The Morgan fingerprint density at radius 1 is 1.53 bits per heavy atom. The van der Waals surface area contributed by atoms with Gasteiger partial charge in [-0.15, -0.1) is 0 Å². The zero-order valence-electron chi connectivity index (χ0n) is 9.19. The van der Waals surface area contributed by atoms with Gasteiger partial charge in [0.15, 0.2) is 0 Å². The monoisotopic (exact) mass is 213 g/mol. The van der Waals surface area contributed by atoms with Gasteiger partial charge in [0.25, 0.3) is 0 Å². The van der Waals surface area contributed by atoms with Crippen LogP contribution >= 0.6 is 0 Å². The number of amides is 1. The summed E-state index contributed by atoms with van der Waals surface area (Å²) in [4.78, 5) is 17.2. The summed E-state index contributed by atoms with van der Waals surface area (Å²) in [5.41, 5.74) is 0. The lowest BCUT2D eigenvalue weighted by Gasteiger charge is -2.20. The average molecular weight is 213 g/mol. The van der Waals surface area contributed by atoms with Gasteiger partial charge in [-0.1, -0.05) is 12.8 Å². The van der Waals surface area contributed by atoms with Gasteiger partial charge in [-0.2, -0.15) is 0 Å². The highest BCUT2D eigenvalue weighted by atomic mass is 16.7. The first-order chi connectivity index (χ1) is 7.16. The van der Waals surface area contributed by atoms with E-state index in [0.717, 1.165) is 0 Å². The highest BCUT2D eigenvalue weighted by molar-refractivity contribution is 5.77. The molecule has 0 bridgehead atoms. The number of β-amino-alcohol motifs (C(OH)–C–C–N with tert-alkyl or cyclic N) is 1. The van der Waals surface area contributed by atoms with Gasteiger partial charge in [-0.05, 0) is 25.7 Å². The van der Waals surface area contributed by atoms with E-state index in [9.17, 15) is 9.90 Å². The minimum Gasteiger partial charge on any atom is -0.391 e. The normalized spacial score (nSPS) is 30.1. The van der Waals surface area contributed by atoms with Crippen molar-refractivity contribution in [1.29, 1.82) is 0 Å². The first-order valence-corrected chi connectivity index (χ1v) is 5.82. The number of hydroxylamine groups is 2. The van der Waals surface area contributed by atoms with Crippen LogP contribution in [0.25, 0.3) is 0 Å². The molecule has 2 atom stereocenters. The second kappa shape index (κ2) is 4.49. The minimum absolute atomic E-state index is 0.0211. The smallest absolute Gasteiger partial charge is 0.248 e. The van der Waals surface area contributed by atoms with Gasteiger partial charge in [0.1, 0.15) is 0 Å². The average Bonchev–Trinajstić information content (AvgIpc) is 2.75. The van der Waals surface area contributed by atoms with Gasteiger partial charge in [0.05, 0.1) is 25.2 Å². The van der Waals surface area contributed by atoms with Crippen molar-refractivity contribution in [3.8, 4) is 0 Å². The van der Waals surface area contributed by atoms with Crippen LogP contribution in [0, 0.1) is 5.92 Å². The Labute approximate surface area is 90.2 Å². The molecule has 2 rings (SSSR count). The van der Waals surface area contributed by atoms with Gasteiger partial charge < -0.3 is 5.11 Å². The molecule has 86 valence electrons. The summed E-state index contributed by atoms with van der Waals surface area (Å²) in [6, 6.07) is 0. The minimum atomic E-state index is -0.517. The second-order valence-electron chi connectivity index (χ2n) is 4.70. The third kappa shape index (κ3) is 2.49. The third-order valence-electron chi connectivity index (χ3n) is 3.27. The molecule has 2 fully saturated rings. The Bertz CT molecular complexity index is 236. The molecule has 0 aromatic rings. The lowest BCUT2D eigenvalue weighted by molar-refractivity contribution is -0.185. The van der Waals surface area contributed by atoms with E-state index in [2.05, 4.69) is 0 Å². The zero-order chi connectivity index (χ0) is 10.8. The van der Waals surface area contributed by atoms with Crippen molar-refractivity contribution >= 4 is 5.91 Å². The first-order valence-electron chi connectivity index (χ1n) is 5.82. The fraction of sp³-hybridized carbons (Fsp3) is 0.909. The molecule has 1 heterocycles. The molecule has 1 saturated carbocycles. The number of aliphatic hydroxyl groups excluding tert-OH is 1. The lowest BCUT2D eigenvalue weighted by atomic mass is 9.99. The largest absolute Gasteiger partial charge is 0.391 e. The van der Waals surface area contributed by atoms with Crippen molar-refractivity contribution in [3.63, 3.8) is 0 Å². The van der Waals surface area contributed by atoms with E-state index in [-0.39, 0.29) is 12.0 Å². The van der Waals surface area contributed by atoms with Crippen LogP contribution in [0.15, 0.2) is 0 Å². The van der Waals surface area contributed by atoms with Crippen molar-refractivity contribution in [3.05, 3.63) is 0 Å². The van der Waals surface area contributed by atoms with E-state index >= 15 is 0 Å². The summed E-state index contributed by atoms with van der Waals surface area (Å²) in [6.45, 7) is 1.96. The molecule has 1 amide bonds. The Morgan fingerprint density at radius 3 is 2.80 bits per heavy atom. The summed E-state index contributed by atoms with van der Waals surface area (Å²) in [7, 11) is 0. The Morgan fingerprint density at radius 2 is 2.20 bits per heavy atom. The van der Waals surface area contributed by atoms with E-state index in [1.807, 2.05) is 0 Å². The van der Waals surface area contributed by atoms with Crippen LogP contribution in [0.1, 0.15) is 39.0 Å². The first kappa shape index (κ1) is 10.9. The highest BCUT2D eigenvalue weighted by Crippen LogP contribution is 2.34. The van der Waals surface area contributed by atoms with Crippen molar-refractivity contribution in [1.82, 2.24) is 5.06 Å².